The Labute approximate surface area is 130 Å². The third-order valence-corrected chi connectivity index (χ3v) is 4.46. The molecule has 3 rings (SSSR count). The van der Waals surface area contributed by atoms with Crippen molar-refractivity contribution in [2.45, 2.75) is 45.5 Å². The van der Waals surface area contributed by atoms with Crippen molar-refractivity contribution in [3.05, 3.63) is 22.7 Å². The maximum atomic E-state index is 6.34. The van der Waals surface area contributed by atoms with Gasteiger partial charge in [0, 0.05) is 17.5 Å². The highest BCUT2D eigenvalue weighted by molar-refractivity contribution is 6.31. The van der Waals surface area contributed by atoms with Gasteiger partial charge >= 0.3 is 0 Å². The fourth-order valence-corrected chi connectivity index (χ4v) is 3.12. The van der Waals surface area contributed by atoms with Crippen LogP contribution in [0.25, 0.3) is 0 Å². The molecule has 2 aliphatic heterocycles. The largest absolute Gasteiger partial charge is 0.454 e. The minimum Gasteiger partial charge on any atom is -0.454 e. The van der Waals surface area contributed by atoms with Gasteiger partial charge in [-0.15, -0.1) is 0 Å². The Bertz CT molecular complexity index is 505. The Morgan fingerprint density at radius 2 is 1.95 bits per heavy atom. The van der Waals surface area contributed by atoms with Crippen LogP contribution in [0.3, 0.4) is 0 Å². The number of fused-ring (bicyclic) bond motifs is 1. The van der Waals surface area contributed by atoms with Gasteiger partial charge in [-0.3, -0.25) is 0 Å². The molecule has 1 saturated heterocycles. The fourth-order valence-electron chi connectivity index (χ4n) is 2.87. The van der Waals surface area contributed by atoms with Crippen molar-refractivity contribution in [2.24, 2.45) is 5.92 Å². The third kappa shape index (κ3) is 2.98. The standard InChI is InChI=1S/C16H21ClO4/c1-3-5-13-10(4-2)8-18-16(21-13)11-6-14-15(7-12(11)17)20-9-19-14/h6-7,10,13,16H,3-5,8-9H2,1-2H3/t10-,13+,16-/m0/s1. The molecule has 0 saturated carbocycles. The maximum absolute atomic E-state index is 6.34. The zero-order valence-corrected chi connectivity index (χ0v) is 13.2. The first kappa shape index (κ1) is 14.9. The van der Waals surface area contributed by atoms with Gasteiger partial charge in [0.25, 0.3) is 0 Å². The minimum absolute atomic E-state index is 0.222. The molecule has 1 aromatic rings. The van der Waals surface area contributed by atoms with Crippen LogP contribution in [-0.4, -0.2) is 19.5 Å². The topological polar surface area (TPSA) is 36.9 Å². The SMILES string of the molecule is CCC[C@H]1O[C@@H](c2cc3c(cc2Cl)OCO3)OC[C@@H]1CC. The van der Waals surface area contributed by atoms with Gasteiger partial charge in [0.2, 0.25) is 6.79 Å². The number of benzene rings is 1. The molecule has 4 nitrogen and oxygen atoms in total. The van der Waals surface area contributed by atoms with Crippen molar-refractivity contribution in [3.8, 4) is 11.5 Å². The summed E-state index contributed by atoms with van der Waals surface area (Å²) in [7, 11) is 0. The second-order valence-electron chi connectivity index (χ2n) is 5.52. The van der Waals surface area contributed by atoms with E-state index >= 15 is 0 Å². The lowest BCUT2D eigenvalue weighted by atomic mass is 9.95. The van der Waals surface area contributed by atoms with E-state index in [4.69, 9.17) is 30.5 Å². The predicted molar refractivity (Wildman–Crippen MR) is 79.8 cm³/mol. The van der Waals surface area contributed by atoms with E-state index in [9.17, 15) is 0 Å². The molecule has 3 atom stereocenters. The van der Waals surface area contributed by atoms with Crippen LogP contribution in [0, 0.1) is 5.92 Å². The molecule has 0 unspecified atom stereocenters. The average molecular weight is 313 g/mol. The van der Waals surface area contributed by atoms with E-state index in [0.29, 0.717) is 29.0 Å². The number of rotatable bonds is 4. The van der Waals surface area contributed by atoms with Crippen molar-refractivity contribution in [1.82, 2.24) is 0 Å². The van der Waals surface area contributed by atoms with E-state index in [1.165, 1.54) is 0 Å². The van der Waals surface area contributed by atoms with E-state index in [1.807, 2.05) is 6.07 Å². The predicted octanol–water partition coefficient (Wildman–Crippen LogP) is 4.31. The van der Waals surface area contributed by atoms with Gasteiger partial charge in [-0.2, -0.15) is 0 Å². The van der Waals surface area contributed by atoms with Crippen LogP contribution < -0.4 is 9.47 Å². The first-order valence-corrected chi connectivity index (χ1v) is 7.96. The molecule has 0 N–H and O–H groups in total. The number of ether oxygens (including phenoxy) is 4. The number of halogens is 1. The molecule has 116 valence electrons. The lowest BCUT2D eigenvalue weighted by Crippen LogP contribution is -2.35. The molecule has 1 fully saturated rings. The van der Waals surface area contributed by atoms with E-state index in [2.05, 4.69) is 13.8 Å². The van der Waals surface area contributed by atoms with Crippen molar-refractivity contribution in [1.29, 1.82) is 0 Å². The second-order valence-corrected chi connectivity index (χ2v) is 5.93. The minimum atomic E-state index is -0.425. The quantitative estimate of drug-likeness (QED) is 0.830. The van der Waals surface area contributed by atoms with Crippen LogP contribution in [0.2, 0.25) is 5.02 Å². The highest BCUT2D eigenvalue weighted by Gasteiger charge is 2.33. The molecule has 0 amide bonds. The zero-order chi connectivity index (χ0) is 14.8. The lowest BCUT2D eigenvalue weighted by molar-refractivity contribution is -0.243. The Hall–Kier alpha value is -0.970. The summed E-state index contributed by atoms with van der Waals surface area (Å²) in [6, 6.07) is 3.64. The highest BCUT2D eigenvalue weighted by Crippen LogP contribution is 2.42. The van der Waals surface area contributed by atoms with Gasteiger partial charge in [0.15, 0.2) is 17.8 Å². The Kier molecular flexibility index (Phi) is 4.57. The van der Waals surface area contributed by atoms with Crippen LogP contribution >= 0.6 is 11.6 Å². The molecule has 1 aromatic carbocycles. The third-order valence-electron chi connectivity index (χ3n) is 4.13. The average Bonchev–Trinajstić information content (AvgIpc) is 2.94. The molecule has 0 aliphatic carbocycles. The lowest BCUT2D eigenvalue weighted by Gasteiger charge is -2.36. The summed E-state index contributed by atoms with van der Waals surface area (Å²) < 4.78 is 22.8. The Balaban J connectivity index is 1.81. The van der Waals surface area contributed by atoms with Gasteiger partial charge < -0.3 is 18.9 Å². The number of hydrogen-bond donors (Lipinski definition) is 0. The monoisotopic (exact) mass is 312 g/mol. The molecular weight excluding hydrogens is 292 g/mol. The summed E-state index contributed by atoms with van der Waals surface area (Å²) in [6.45, 7) is 5.29. The molecule has 0 radical (unpaired) electrons. The summed E-state index contributed by atoms with van der Waals surface area (Å²) in [6.07, 6.45) is 3.00. The molecule has 2 heterocycles. The molecule has 5 heteroatoms. The van der Waals surface area contributed by atoms with Crippen LogP contribution in [0.1, 0.15) is 45.0 Å². The van der Waals surface area contributed by atoms with Gasteiger partial charge in [-0.25, -0.2) is 0 Å². The smallest absolute Gasteiger partial charge is 0.231 e. The molecular formula is C16H21ClO4. The maximum Gasteiger partial charge on any atom is 0.231 e. The van der Waals surface area contributed by atoms with Crippen molar-refractivity contribution in [3.63, 3.8) is 0 Å². The van der Waals surface area contributed by atoms with Crippen LogP contribution in [0.15, 0.2) is 12.1 Å². The van der Waals surface area contributed by atoms with E-state index in [1.54, 1.807) is 6.07 Å². The first-order chi connectivity index (χ1) is 10.2. The van der Waals surface area contributed by atoms with Gasteiger partial charge in [0.1, 0.15) is 0 Å². The summed E-state index contributed by atoms with van der Waals surface area (Å²) >= 11 is 6.34. The molecule has 0 aromatic heterocycles. The Morgan fingerprint density at radius 1 is 1.19 bits per heavy atom. The van der Waals surface area contributed by atoms with Crippen molar-refractivity contribution < 1.29 is 18.9 Å². The summed E-state index contributed by atoms with van der Waals surface area (Å²) in [5.74, 6) is 1.83. The van der Waals surface area contributed by atoms with E-state index < -0.39 is 6.29 Å². The zero-order valence-electron chi connectivity index (χ0n) is 12.4. The number of hydrogen-bond acceptors (Lipinski definition) is 4. The van der Waals surface area contributed by atoms with Crippen LogP contribution in [0.4, 0.5) is 0 Å². The van der Waals surface area contributed by atoms with Crippen molar-refractivity contribution in [2.75, 3.05) is 13.4 Å². The summed E-state index contributed by atoms with van der Waals surface area (Å²) in [5, 5.41) is 0.592. The fraction of sp³-hybridized carbons (Fsp3) is 0.625. The molecule has 0 spiro atoms. The summed E-state index contributed by atoms with van der Waals surface area (Å²) in [4.78, 5) is 0. The van der Waals surface area contributed by atoms with Gasteiger partial charge in [-0.05, 0) is 18.9 Å². The van der Waals surface area contributed by atoms with E-state index in [-0.39, 0.29) is 12.9 Å². The molecule has 0 bridgehead atoms. The van der Waals surface area contributed by atoms with Gasteiger partial charge in [0.05, 0.1) is 17.7 Å². The summed E-state index contributed by atoms with van der Waals surface area (Å²) in [5.41, 5.74) is 0.816. The highest BCUT2D eigenvalue weighted by atomic mass is 35.5. The van der Waals surface area contributed by atoms with Crippen molar-refractivity contribution >= 4 is 11.6 Å². The first-order valence-electron chi connectivity index (χ1n) is 7.59. The van der Waals surface area contributed by atoms with E-state index in [0.717, 1.165) is 24.8 Å². The van der Waals surface area contributed by atoms with Gasteiger partial charge in [-0.1, -0.05) is 31.9 Å². The van der Waals surface area contributed by atoms with Crippen LogP contribution in [-0.2, 0) is 9.47 Å². The van der Waals surface area contributed by atoms with Crippen LogP contribution in [0.5, 0.6) is 11.5 Å². The second kappa shape index (κ2) is 6.42. The molecule has 21 heavy (non-hydrogen) atoms. The Morgan fingerprint density at radius 3 is 2.67 bits per heavy atom. The molecule has 2 aliphatic rings. The normalized spacial score (nSPS) is 27.9.